The maximum Gasteiger partial charge on any atom is 0.126 e. The van der Waals surface area contributed by atoms with Crippen LogP contribution in [0.25, 0.3) is 0 Å². The third-order valence-corrected chi connectivity index (χ3v) is 0. The Hall–Kier alpha value is -0.0200. The van der Waals surface area contributed by atoms with Crippen molar-refractivity contribution in [2.24, 2.45) is 0 Å². The van der Waals surface area contributed by atoms with Gasteiger partial charge in [-0.1, -0.05) is 0 Å². The van der Waals surface area contributed by atoms with Crippen LogP contribution in [0.2, 0.25) is 0 Å². The van der Waals surface area contributed by atoms with Gasteiger partial charge in [0.15, 0.2) is 0 Å². The minimum Gasteiger partial charge on any atom is -0.854 e. The normalized spacial score (nSPS) is 7.75. The van der Waals surface area contributed by atoms with E-state index in [1.807, 2.05) is 0 Å². The first-order valence-electron chi connectivity index (χ1n) is 1.75. The van der Waals surface area contributed by atoms with Crippen LogP contribution in [0.15, 0.2) is 0 Å². The number of Topliss-reactive ketones (excluding diaryl/α,β-unsaturated/α-hetero) is 1. The van der Waals surface area contributed by atoms with Gasteiger partial charge in [0.1, 0.15) is 5.78 Å². The summed E-state index contributed by atoms with van der Waals surface area (Å²) in [6.07, 6.45) is 0. The second kappa shape index (κ2) is 6.98. The molecule has 0 saturated carbocycles. The van der Waals surface area contributed by atoms with Gasteiger partial charge in [0.2, 0.25) is 0 Å². The summed E-state index contributed by atoms with van der Waals surface area (Å²) in [6.45, 7) is 3.06. The van der Waals surface area contributed by atoms with Gasteiger partial charge in [-0.2, -0.15) is 0 Å². The van der Waals surface area contributed by atoms with Crippen LogP contribution in [0.5, 0.6) is 0 Å². The van der Waals surface area contributed by atoms with E-state index in [1.165, 1.54) is 13.8 Å². The predicted molar refractivity (Wildman–Crippen MR) is 23.3 cm³/mol. The quantitative estimate of drug-likeness (QED) is 0.357. The number of carbonyl (C=O) groups excluding carboxylic acids is 1. The van der Waals surface area contributed by atoms with E-state index in [-0.39, 0.29) is 5.78 Å². The number of rotatable bonds is 0. The highest BCUT2D eigenvalue weighted by Gasteiger charge is 1.62. The average Bonchev–Trinajstić information content (AvgIpc) is 1.25. The molecule has 0 aliphatic heterocycles. The lowest BCUT2D eigenvalue weighted by molar-refractivity contribution is -0.407. The van der Waals surface area contributed by atoms with Crippen molar-refractivity contribution in [2.45, 2.75) is 13.8 Å². The molecule has 0 fully saturated rings. The minimum absolute atomic E-state index is 0.167. The summed E-state index contributed by atoms with van der Waals surface area (Å²) in [5, 5.41) is 0. The van der Waals surface area contributed by atoms with Crippen molar-refractivity contribution >= 4 is 14.4 Å². The second-order valence-corrected chi connectivity index (χ2v) is 1.58. The highest BCUT2D eigenvalue weighted by Crippen LogP contribution is 1.85. The van der Waals surface area contributed by atoms with Gasteiger partial charge in [-0.25, -0.2) is 0 Å². The van der Waals surface area contributed by atoms with Crippen LogP contribution in [-0.2, 0) is 4.79 Å². The van der Waals surface area contributed by atoms with E-state index in [4.69, 9.17) is 14.7 Å². The average molecular weight is 137 g/mol. The third kappa shape index (κ3) is 371000. The van der Waals surface area contributed by atoms with E-state index < -0.39 is 8.60 Å². The van der Waals surface area contributed by atoms with Crippen LogP contribution in [0.3, 0.4) is 0 Å². The fraction of sp³-hybridized carbons (Fsp3) is 0.667. The van der Waals surface area contributed by atoms with Crippen molar-refractivity contribution in [3.05, 3.63) is 0 Å². The van der Waals surface area contributed by atoms with Crippen LogP contribution in [-0.4, -0.2) is 5.78 Å². The SMILES string of the molecule is CC(C)=O.[O-]P([O-])[O-]. The molecule has 4 nitrogen and oxygen atoms in total. The lowest BCUT2D eigenvalue weighted by Crippen LogP contribution is -2.18. The summed E-state index contributed by atoms with van der Waals surface area (Å²) in [7, 11) is -3.37. The Kier molecular flexibility index (Phi) is 9.49. The fourth-order valence-corrected chi connectivity index (χ4v) is 0. The molecule has 0 heterocycles. The fourth-order valence-electron chi connectivity index (χ4n) is 0. The number of hydrogen-bond donors (Lipinski definition) is 0. The molecular weight excluding hydrogens is 131 g/mol. The summed E-state index contributed by atoms with van der Waals surface area (Å²) in [6, 6.07) is 0. The molecule has 0 aromatic rings. The number of ketones is 1. The summed E-state index contributed by atoms with van der Waals surface area (Å²) in [4.78, 5) is 34.9. The Balaban J connectivity index is 0. The number of carbonyl (C=O) groups is 1. The molecule has 8 heavy (non-hydrogen) atoms. The summed E-state index contributed by atoms with van der Waals surface area (Å²) < 4.78 is 0. The van der Waals surface area contributed by atoms with Crippen molar-refractivity contribution in [1.29, 1.82) is 0 Å². The zero-order valence-corrected chi connectivity index (χ0v) is 5.47. The van der Waals surface area contributed by atoms with Crippen LogP contribution < -0.4 is 14.7 Å². The lowest BCUT2D eigenvalue weighted by Gasteiger charge is -2.39. The molecule has 0 aliphatic rings. The Morgan fingerprint density at radius 3 is 1.25 bits per heavy atom. The molecule has 0 bridgehead atoms. The maximum atomic E-state index is 9.44. The van der Waals surface area contributed by atoms with Crippen molar-refractivity contribution in [3.8, 4) is 0 Å². The van der Waals surface area contributed by atoms with E-state index in [0.717, 1.165) is 0 Å². The molecular formula is C3H6O4P-3. The van der Waals surface area contributed by atoms with Gasteiger partial charge in [0.25, 0.3) is 0 Å². The molecule has 0 radical (unpaired) electrons. The van der Waals surface area contributed by atoms with Crippen molar-refractivity contribution in [2.75, 3.05) is 0 Å². The van der Waals surface area contributed by atoms with Gasteiger partial charge in [-0.05, 0) is 13.8 Å². The van der Waals surface area contributed by atoms with E-state index >= 15 is 0 Å². The van der Waals surface area contributed by atoms with Gasteiger partial charge in [-0.3, -0.25) is 0 Å². The minimum atomic E-state index is -3.37. The van der Waals surface area contributed by atoms with Gasteiger partial charge < -0.3 is 28.1 Å². The molecule has 0 unspecified atom stereocenters. The molecule has 0 amide bonds. The molecule has 0 saturated heterocycles. The lowest BCUT2D eigenvalue weighted by atomic mass is 10.6. The molecule has 0 atom stereocenters. The molecule has 0 spiro atoms. The van der Waals surface area contributed by atoms with Crippen molar-refractivity contribution in [3.63, 3.8) is 0 Å². The topological polar surface area (TPSA) is 86.2 Å². The largest absolute Gasteiger partial charge is 0.854 e. The third-order valence-electron chi connectivity index (χ3n) is 0. The van der Waals surface area contributed by atoms with Crippen molar-refractivity contribution in [1.82, 2.24) is 0 Å². The first-order chi connectivity index (χ1) is 3.46. The molecule has 50 valence electrons. The zero-order chi connectivity index (χ0) is 7.15. The summed E-state index contributed by atoms with van der Waals surface area (Å²) >= 11 is 0. The predicted octanol–water partition coefficient (Wildman–Crippen LogP) is -2.11. The van der Waals surface area contributed by atoms with Crippen LogP contribution in [0.4, 0.5) is 0 Å². The number of hydrogen-bond acceptors (Lipinski definition) is 4. The second-order valence-electron chi connectivity index (χ2n) is 1.13. The Labute approximate surface area is 48.8 Å². The molecule has 0 aromatic heterocycles. The standard InChI is InChI=1S/C3H6O.O3P/c1-3(2)4;1-4(2)3/h1-2H3;/q;-3. The molecule has 0 rings (SSSR count). The highest BCUT2D eigenvalue weighted by atomic mass is 31.2. The van der Waals surface area contributed by atoms with E-state index in [2.05, 4.69) is 0 Å². The van der Waals surface area contributed by atoms with Crippen LogP contribution >= 0.6 is 8.60 Å². The van der Waals surface area contributed by atoms with Crippen molar-refractivity contribution < 1.29 is 19.5 Å². The molecule has 0 aromatic carbocycles. The van der Waals surface area contributed by atoms with E-state index in [9.17, 15) is 4.79 Å². The van der Waals surface area contributed by atoms with Gasteiger partial charge in [-0.15, -0.1) is 0 Å². The molecule has 5 heteroatoms. The summed E-state index contributed by atoms with van der Waals surface area (Å²) in [5.74, 6) is 0.167. The molecule has 0 aliphatic carbocycles. The highest BCUT2D eigenvalue weighted by molar-refractivity contribution is 7.33. The van der Waals surface area contributed by atoms with Gasteiger partial charge in [0, 0.05) is 0 Å². The monoisotopic (exact) mass is 137 g/mol. The van der Waals surface area contributed by atoms with Gasteiger partial charge in [0.05, 0.1) is 0 Å². The Morgan fingerprint density at radius 2 is 1.25 bits per heavy atom. The van der Waals surface area contributed by atoms with E-state index in [1.54, 1.807) is 0 Å². The maximum absolute atomic E-state index is 9.44. The Bertz CT molecular complexity index is 55.5. The van der Waals surface area contributed by atoms with E-state index in [0.29, 0.717) is 0 Å². The smallest absolute Gasteiger partial charge is 0.126 e. The van der Waals surface area contributed by atoms with Gasteiger partial charge >= 0.3 is 0 Å². The van der Waals surface area contributed by atoms with Crippen LogP contribution in [0, 0.1) is 0 Å². The molecule has 0 N–H and O–H groups in total. The first-order valence-corrected chi connectivity index (χ1v) is 2.85. The zero-order valence-electron chi connectivity index (χ0n) is 4.58. The Morgan fingerprint density at radius 1 is 1.25 bits per heavy atom. The summed E-state index contributed by atoms with van der Waals surface area (Å²) in [5.41, 5.74) is 0. The first kappa shape index (κ1) is 10.9. The van der Waals surface area contributed by atoms with Crippen LogP contribution in [0.1, 0.15) is 13.8 Å².